The molecule has 4 nitrogen and oxygen atoms in total. The van der Waals surface area contributed by atoms with Crippen molar-refractivity contribution in [3.05, 3.63) is 101 Å². The van der Waals surface area contributed by atoms with E-state index < -0.39 is 17.6 Å². The maximum Gasteiger partial charge on any atom is 0.282 e. The minimum atomic E-state index is -0.516. The summed E-state index contributed by atoms with van der Waals surface area (Å²) in [5.41, 5.74) is 4.07. The largest absolute Gasteiger partial charge is 0.350 e. The van der Waals surface area contributed by atoms with Crippen molar-refractivity contribution in [3.63, 3.8) is 0 Å². The molecule has 5 heteroatoms. The summed E-state index contributed by atoms with van der Waals surface area (Å²) in [6.07, 6.45) is 0. The van der Waals surface area contributed by atoms with Gasteiger partial charge in [-0.3, -0.25) is 9.59 Å². The van der Waals surface area contributed by atoms with Crippen LogP contribution in [0.1, 0.15) is 16.7 Å². The highest BCUT2D eigenvalue weighted by atomic mass is 19.1. The Labute approximate surface area is 168 Å². The number of para-hydroxylation sites is 1. The number of nitrogens with one attached hydrogen (secondary N) is 1. The van der Waals surface area contributed by atoms with Crippen LogP contribution in [0.4, 0.5) is 15.8 Å². The molecule has 0 saturated carbocycles. The molecule has 0 spiro atoms. The van der Waals surface area contributed by atoms with Crippen LogP contribution < -0.4 is 10.2 Å². The smallest absolute Gasteiger partial charge is 0.282 e. The molecule has 1 heterocycles. The van der Waals surface area contributed by atoms with E-state index in [1.807, 2.05) is 62.4 Å². The molecule has 1 N–H and O–H groups in total. The molecule has 0 fully saturated rings. The minimum Gasteiger partial charge on any atom is -0.350 e. The van der Waals surface area contributed by atoms with Crippen LogP contribution in [-0.2, 0) is 9.59 Å². The van der Waals surface area contributed by atoms with Crippen molar-refractivity contribution < 1.29 is 14.0 Å². The van der Waals surface area contributed by atoms with Gasteiger partial charge in [-0.05, 0) is 60.9 Å². The van der Waals surface area contributed by atoms with E-state index in [0.29, 0.717) is 11.3 Å². The zero-order valence-corrected chi connectivity index (χ0v) is 16.1. The van der Waals surface area contributed by atoms with Crippen molar-refractivity contribution >= 4 is 28.8 Å². The number of carbonyl (C=O) groups excluding carboxylic acids is 2. The summed E-state index contributed by atoms with van der Waals surface area (Å²) in [7, 11) is 0. The highest BCUT2D eigenvalue weighted by Crippen LogP contribution is 2.34. The SMILES string of the molecule is Cc1ccc(C2=C(Nc3ccccc3)C(=O)N(c3cccc(F)c3)C2=O)cc1C. The number of nitrogens with zero attached hydrogens (tertiary/aromatic N) is 1. The summed E-state index contributed by atoms with van der Waals surface area (Å²) in [4.78, 5) is 27.6. The van der Waals surface area contributed by atoms with E-state index >= 15 is 0 Å². The van der Waals surface area contributed by atoms with Crippen molar-refractivity contribution in [2.45, 2.75) is 13.8 Å². The van der Waals surface area contributed by atoms with Crippen LogP contribution in [-0.4, -0.2) is 11.8 Å². The van der Waals surface area contributed by atoms with Gasteiger partial charge in [-0.25, -0.2) is 9.29 Å². The fraction of sp³-hybridized carbons (Fsp3) is 0.0833. The Hall–Kier alpha value is -3.73. The monoisotopic (exact) mass is 386 g/mol. The topological polar surface area (TPSA) is 49.4 Å². The molecule has 2 amide bonds. The third-order valence-corrected chi connectivity index (χ3v) is 4.99. The molecule has 0 aliphatic carbocycles. The predicted molar refractivity (Wildman–Crippen MR) is 112 cm³/mol. The molecule has 1 aliphatic rings. The first-order valence-electron chi connectivity index (χ1n) is 9.24. The van der Waals surface area contributed by atoms with Gasteiger partial charge in [0.05, 0.1) is 11.3 Å². The average molecular weight is 386 g/mol. The summed E-state index contributed by atoms with van der Waals surface area (Å²) >= 11 is 0. The zero-order valence-electron chi connectivity index (χ0n) is 16.1. The number of hydrogen-bond donors (Lipinski definition) is 1. The summed E-state index contributed by atoms with van der Waals surface area (Å²) in [5.74, 6) is -1.51. The molecule has 0 unspecified atom stereocenters. The van der Waals surface area contributed by atoms with Gasteiger partial charge < -0.3 is 5.32 Å². The third kappa shape index (κ3) is 3.43. The molecule has 144 valence electrons. The van der Waals surface area contributed by atoms with Gasteiger partial charge in [0, 0.05) is 5.69 Å². The van der Waals surface area contributed by atoms with Gasteiger partial charge >= 0.3 is 0 Å². The van der Waals surface area contributed by atoms with Crippen molar-refractivity contribution in [1.29, 1.82) is 0 Å². The first kappa shape index (κ1) is 18.6. The summed E-state index contributed by atoms with van der Waals surface area (Å²) in [6, 6.07) is 20.3. The maximum absolute atomic E-state index is 13.8. The molecule has 0 aromatic heterocycles. The van der Waals surface area contributed by atoms with Crippen LogP contribution in [0.5, 0.6) is 0 Å². The average Bonchev–Trinajstić information content (AvgIpc) is 2.95. The van der Waals surface area contributed by atoms with Gasteiger partial charge in [0.2, 0.25) is 0 Å². The Morgan fingerprint density at radius 1 is 0.793 bits per heavy atom. The fourth-order valence-corrected chi connectivity index (χ4v) is 3.33. The minimum absolute atomic E-state index is 0.175. The lowest BCUT2D eigenvalue weighted by molar-refractivity contribution is -0.120. The number of anilines is 2. The molecule has 0 saturated heterocycles. The first-order chi connectivity index (χ1) is 14.0. The van der Waals surface area contributed by atoms with Crippen LogP contribution in [0.3, 0.4) is 0 Å². The Kier molecular flexibility index (Phi) is 4.72. The van der Waals surface area contributed by atoms with Crippen LogP contribution >= 0.6 is 0 Å². The number of benzene rings is 3. The first-order valence-corrected chi connectivity index (χ1v) is 9.24. The molecule has 0 radical (unpaired) electrons. The van der Waals surface area contributed by atoms with Crippen molar-refractivity contribution in [2.24, 2.45) is 0 Å². The van der Waals surface area contributed by atoms with E-state index in [1.54, 1.807) is 6.07 Å². The summed E-state index contributed by atoms with van der Waals surface area (Å²) < 4.78 is 13.8. The lowest BCUT2D eigenvalue weighted by Crippen LogP contribution is -2.32. The second-order valence-electron chi connectivity index (χ2n) is 6.97. The standard InChI is InChI=1S/C24H19FN2O2/c1-15-11-12-17(13-16(15)2)21-22(26-19-8-4-3-5-9-19)24(29)27(23(21)28)20-10-6-7-18(25)14-20/h3-14,26H,1-2H3. The van der Waals surface area contributed by atoms with Gasteiger partial charge in [0.15, 0.2) is 0 Å². The van der Waals surface area contributed by atoms with E-state index in [-0.39, 0.29) is 17.0 Å². The number of imide groups is 1. The van der Waals surface area contributed by atoms with Crippen LogP contribution in [0.2, 0.25) is 0 Å². The Morgan fingerprint density at radius 2 is 1.55 bits per heavy atom. The Bertz CT molecular complexity index is 1150. The zero-order chi connectivity index (χ0) is 20.5. The van der Waals surface area contributed by atoms with E-state index in [2.05, 4.69) is 5.32 Å². The van der Waals surface area contributed by atoms with Crippen LogP contribution in [0, 0.1) is 19.7 Å². The highest BCUT2D eigenvalue weighted by molar-refractivity contribution is 6.46. The molecule has 3 aromatic carbocycles. The van der Waals surface area contributed by atoms with Crippen molar-refractivity contribution in [2.75, 3.05) is 10.2 Å². The van der Waals surface area contributed by atoms with Gasteiger partial charge in [0.1, 0.15) is 11.5 Å². The van der Waals surface area contributed by atoms with E-state index in [4.69, 9.17) is 0 Å². The van der Waals surface area contributed by atoms with E-state index in [9.17, 15) is 14.0 Å². The third-order valence-electron chi connectivity index (χ3n) is 4.99. The fourth-order valence-electron chi connectivity index (χ4n) is 3.33. The molecule has 29 heavy (non-hydrogen) atoms. The number of carbonyl (C=O) groups is 2. The molecular formula is C24H19FN2O2. The lowest BCUT2D eigenvalue weighted by atomic mass is 9.99. The van der Waals surface area contributed by atoms with Crippen LogP contribution in [0.15, 0.2) is 78.5 Å². The van der Waals surface area contributed by atoms with E-state index in [1.165, 1.54) is 18.2 Å². The number of aryl methyl sites for hydroxylation is 2. The van der Waals surface area contributed by atoms with E-state index in [0.717, 1.165) is 16.0 Å². The summed E-state index contributed by atoms with van der Waals surface area (Å²) in [6.45, 7) is 3.94. The van der Waals surface area contributed by atoms with Crippen LogP contribution in [0.25, 0.3) is 5.57 Å². The second kappa shape index (κ2) is 7.36. The maximum atomic E-state index is 13.8. The van der Waals surface area contributed by atoms with Gasteiger partial charge in [-0.15, -0.1) is 0 Å². The second-order valence-corrected chi connectivity index (χ2v) is 6.97. The van der Waals surface area contributed by atoms with Crippen molar-refractivity contribution in [1.82, 2.24) is 0 Å². The molecule has 0 bridgehead atoms. The quantitative estimate of drug-likeness (QED) is 0.653. The van der Waals surface area contributed by atoms with Gasteiger partial charge in [0.25, 0.3) is 11.8 Å². The number of halogens is 1. The number of amides is 2. The predicted octanol–water partition coefficient (Wildman–Crippen LogP) is 4.84. The normalized spacial score (nSPS) is 14.0. The molecule has 4 rings (SSSR count). The van der Waals surface area contributed by atoms with Crippen molar-refractivity contribution in [3.8, 4) is 0 Å². The number of hydrogen-bond acceptors (Lipinski definition) is 3. The van der Waals surface area contributed by atoms with Gasteiger partial charge in [-0.2, -0.15) is 0 Å². The molecule has 0 atom stereocenters. The van der Waals surface area contributed by atoms with Gasteiger partial charge in [-0.1, -0.05) is 42.5 Å². The Morgan fingerprint density at radius 3 is 2.24 bits per heavy atom. The molecule has 1 aliphatic heterocycles. The lowest BCUT2D eigenvalue weighted by Gasteiger charge is -2.15. The number of rotatable bonds is 4. The Balaban J connectivity index is 1.85. The molecular weight excluding hydrogens is 367 g/mol. The highest BCUT2D eigenvalue weighted by Gasteiger charge is 2.40. The summed E-state index contributed by atoms with van der Waals surface area (Å²) in [5, 5.41) is 3.09. The molecule has 3 aromatic rings.